The van der Waals surface area contributed by atoms with Gasteiger partial charge >= 0.3 is 12.0 Å². The van der Waals surface area contributed by atoms with Gasteiger partial charge in [-0.1, -0.05) is 12.1 Å². The summed E-state index contributed by atoms with van der Waals surface area (Å²) in [4.78, 5) is 33.2. The maximum atomic E-state index is 11.7. The predicted octanol–water partition coefficient (Wildman–Crippen LogP) is 0.205. The Labute approximate surface area is 108 Å². The van der Waals surface area contributed by atoms with E-state index in [0.717, 1.165) is 0 Å². The average molecular weight is 264 g/mol. The Morgan fingerprint density at radius 1 is 1.32 bits per heavy atom. The van der Waals surface area contributed by atoms with Gasteiger partial charge in [-0.15, -0.1) is 0 Å². The van der Waals surface area contributed by atoms with Crippen molar-refractivity contribution in [2.45, 2.75) is 12.5 Å². The van der Waals surface area contributed by atoms with Crippen molar-refractivity contribution in [3.63, 3.8) is 0 Å². The van der Waals surface area contributed by atoms with Crippen molar-refractivity contribution in [3.05, 3.63) is 29.8 Å². The number of carbonyl (C=O) groups is 3. The van der Waals surface area contributed by atoms with Gasteiger partial charge in [0.05, 0.1) is 0 Å². The molecule has 0 radical (unpaired) electrons. The smallest absolute Gasteiger partial charge is 0.341 e. The van der Waals surface area contributed by atoms with Crippen LogP contribution in [-0.4, -0.2) is 29.6 Å². The number of carboxylic acid groups (broad SMARTS) is 1. The molecular formula is C12H12N2O5. The molecule has 1 fully saturated rings. The average Bonchev–Trinajstić information content (AvgIpc) is 2.62. The first-order chi connectivity index (χ1) is 8.91. The molecule has 0 saturated carbocycles. The minimum Gasteiger partial charge on any atom is -0.482 e. The molecule has 1 aromatic rings. The van der Waals surface area contributed by atoms with E-state index in [1.54, 1.807) is 31.2 Å². The van der Waals surface area contributed by atoms with Crippen LogP contribution in [0.5, 0.6) is 5.75 Å². The second-order valence-electron chi connectivity index (χ2n) is 4.24. The first-order valence-electron chi connectivity index (χ1n) is 5.50. The highest BCUT2D eigenvalue weighted by Gasteiger charge is 2.43. The van der Waals surface area contributed by atoms with Gasteiger partial charge in [-0.3, -0.25) is 10.1 Å². The molecule has 1 aromatic carbocycles. The van der Waals surface area contributed by atoms with Crippen molar-refractivity contribution in [2.24, 2.45) is 0 Å². The summed E-state index contributed by atoms with van der Waals surface area (Å²) in [6.07, 6.45) is 0. The fourth-order valence-corrected chi connectivity index (χ4v) is 1.78. The van der Waals surface area contributed by atoms with Gasteiger partial charge in [0.2, 0.25) is 0 Å². The molecule has 19 heavy (non-hydrogen) atoms. The number of hydrogen-bond acceptors (Lipinski definition) is 4. The van der Waals surface area contributed by atoms with Crippen molar-refractivity contribution < 1.29 is 24.2 Å². The Kier molecular flexibility index (Phi) is 3.12. The molecule has 7 nitrogen and oxygen atoms in total. The summed E-state index contributed by atoms with van der Waals surface area (Å²) < 4.78 is 4.98. The number of ether oxygens (including phenoxy) is 1. The number of benzene rings is 1. The summed E-state index contributed by atoms with van der Waals surface area (Å²) in [5.41, 5.74) is -0.541. The summed E-state index contributed by atoms with van der Waals surface area (Å²) in [5, 5.41) is 13.2. The molecule has 0 aromatic heterocycles. The van der Waals surface area contributed by atoms with Crippen LogP contribution in [0.25, 0.3) is 0 Å². The van der Waals surface area contributed by atoms with E-state index in [-0.39, 0.29) is 0 Å². The van der Waals surface area contributed by atoms with Gasteiger partial charge in [0, 0.05) is 0 Å². The molecule has 1 heterocycles. The van der Waals surface area contributed by atoms with Crippen LogP contribution in [-0.2, 0) is 15.1 Å². The van der Waals surface area contributed by atoms with Crippen LogP contribution in [0.3, 0.4) is 0 Å². The largest absolute Gasteiger partial charge is 0.482 e. The predicted molar refractivity (Wildman–Crippen MR) is 63.6 cm³/mol. The number of carbonyl (C=O) groups excluding carboxylic acids is 2. The fourth-order valence-electron chi connectivity index (χ4n) is 1.78. The van der Waals surface area contributed by atoms with E-state index < -0.39 is 30.1 Å². The number of carboxylic acids is 1. The molecule has 1 atom stereocenters. The van der Waals surface area contributed by atoms with Gasteiger partial charge in [0.1, 0.15) is 11.3 Å². The topological polar surface area (TPSA) is 105 Å². The lowest BCUT2D eigenvalue weighted by Crippen LogP contribution is -2.40. The number of urea groups is 1. The number of nitrogens with one attached hydrogen (secondary N) is 2. The molecule has 0 bridgehead atoms. The molecule has 2 rings (SSSR count). The lowest BCUT2D eigenvalue weighted by molar-refractivity contribution is -0.139. The van der Waals surface area contributed by atoms with Crippen molar-refractivity contribution in [1.82, 2.24) is 10.6 Å². The van der Waals surface area contributed by atoms with Crippen LogP contribution in [0.15, 0.2) is 24.3 Å². The van der Waals surface area contributed by atoms with Crippen molar-refractivity contribution in [2.75, 3.05) is 6.61 Å². The van der Waals surface area contributed by atoms with E-state index in [9.17, 15) is 14.4 Å². The third-order valence-corrected chi connectivity index (χ3v) is 2.84. The third kappa shape index (κ3) is 2.49. The summed E-state index contributed by atoms with van der Waals surface area (Å²) in [5.74, 6) is -1.13. The van der Waals surface area contributed by atoms with Crippen LogP contribution in [0, 0.1) is 0 Å². The molecule has 1 aliphatic rings. The highest BCUT2D eigenvalue weighted by molar-refractivity contribution is 6.07. The second-order valence-corrected chi connectivity index (χ2v) is 4.24. The molecule has 3 N–H and O–H groups in total. The zero-order valence-electron chi connectivity index (χ0n) is 10.1. The number of amides is 3. The number of rotatable bonds is 4. The summed E-state index contributed by atoms with van der Waals surface area (Å²) in [7, 11) is 0. The molecule has 0 unspecified atom stereocenters. The van der Waals surface area contributed by atoms with Gasteiger partial charge in [0.15, 0.2) is 6.61 Å². The van der Waals surface area contributed by atoms with Crippen molar-refractivity contribution >= 4 is 17.9 Å². The molecular weight excluding hydrogens is 252 g/mol. The zero-order valence-corrected chi connectivity index (χ0v) is 10.1. The monoisotopic (exact) mass is 264 g/mol. The highest BCUT2D eigenvalue weighted by Crippen LogP contribution is 2.26. The zero-order chi connectivity index (χ0) is 14.0. The highest BCUT2D eigenvalue weighted by atomic mass is 16.5. The second kappa shape index (κ2) is 4.60. The van der Waals surface area contributed by atoms with Crippen LogP contribution >= 0.6 is 0 Å². The van der Waals surface area contributed by atoms with Crippen LogP contribution in [0.4, 0.5) is 4.79 Å². The Bertz CT molecular complexity index is 540. The number of imide groups is 1. The standard InChI is InChI=1S/C12H12N2O5/c1-12(10(17)13-11(18)14-12)7-2-4-8(5-3-7)19-6-9(15)16/h2-5H,6H2,1H3,(H,15,16)(H2,13,14,17,18)/t12-/m1/s1. The maximum Gasteiger partial charge on any atom is 0.341 e. The fraction of sp³-hybridized carbons (Fsp3) is 0.250. The number of hydrogen-bond donors (Lipinski definition) is 3. The third-order valence-electron chi connectivity index (χ3n) is 2.84. The van der Waals surface area contributed by atoms with Gasteiger partial charge in [0.25, 0.3) is 5.91 Å². The van der Waals surface area contributed by atoms with Gasteiger partial charge in [-0.05, 0) is 24.6 Å². The molecule has 1 aliphatic heterocycles. The Morgan fingerprint density at radius 3 is 2.42 bits per heavy atom. The Balaban J connectivity index is 2.16. The summed E-state index contributed by atoms with van der Waals surface area (Å²) in [6.45, 7) is 1.15. The Morgan fingerprint density at radius 2 is 1.95 bits per heavy atom. The van der Waals surface area contributed by atoms with Gasteiger partial charge in [-0.25, -0.2) is 9.59 Å². The first-order valence-corrected chi connectivity index (χ1v) is 5.50. The van der Waals surface area contributed by atoms with Crippen LogP contribution in [0.1, 0.15) is 12.5 Å². The van der Waals surface area contributed by atoms with E-state index in [1.165, 1.54) is 0 Å². The van der Waals surface area contributed by atoms with Gasteiger partial charge < -0.3 is 15.2 Å². The first kappa shape index (κ1) is 12.9. The molecule has 0 aliphatic carbocycles. The van der Waals surface area contributed by atoms with E-state index in [2.05, 4.69) is 10.6 Å². The summed E-state index contributed by atoms with van der Waals surface area (Å²) in [6, 6.07) is 5.74. The molecule has 1 saturated heterocycles. The number of aliphatic carboxylic acids is 1. The normalized spacial score (nSPS) is 21.7. The van der Waals surface area contributed by atoms with E-state index in [1.807, 2.05) is 0 Å². The van der Waals surface area contributed by atoms with Gasteiger partial charge in [-0.2, -0.15) is 0 Å². The SMILES string of the molecule is C[C@]1(c2ccc(OCC(=O)O)cc2)NC(=O)NC1=O. The van der Waals surface area contributed by atoms with E-state index in [0.29, 0.717) is 11.3 Å². The van der Waals surface area contributed by atoms with Crippen molar-refractivity contribution in [1.29, 1.82) is 0 Å². The maximum absolute atomic E-state index is 11.7. The molecule has 3 amide bonds. The van der Waals surface area contributed by atoms with Crippen LogP contribution < -0.4 is 15.4 Å². The quantitative estimate of drug-likeness (QED) is 0.674. The van der Waals surface area contributed by atoms with Crippen LogP contribution in [0.2, 0.25) is 0 Å². The van der Waals surface area contributed by atoms with E-state index in [4.69, 9.17) is 9.84 Å². The molecule has 7 heteroatoms. The minimum absolute atomic E-state index is 0.375. The molecule has 0 spiro atoms. The van der Waals surface area contributed by atoms with E-state index >= 15 is 0 Å². The Hall–Kier alpha value is -2.57. The lowest BCUT2D eigenvalue weighted by Gasteiger charge is -2.21. The summed E-state index contributed by atoms with van der Waals surface area (Å²) >= 11 is 0. The lowest BCUT2D eigenvalue weighted by atomic mass is 9.92. The van der Waals surface area contributed by atoms with Crippen molar-refractivity contribution in [3.8, 4) is 5.75 Å². The minimum atomic E-state index is -1.12. The molecule has 100 valence electrons.